The summed E-state index contributed by atoms with van der Waals surface area (Å²) in [5.41, 5.74) is 48.5. The molecular weight excluding hydrogens is 1800 g/mol. The van der Waals surface area contributed by atoms with Crippen molar-refractivity contribution in [2.75, 3.05) is 105 Å². The lowest BCUT2D eigenvalue weighted by Gasteiger charge is -2.28. The molecule has 15 atom stereocenters. The molecule has 0 aromatic heterocycles. The zero-order valence-corrected chi connectivity index (χ0v) is 74.1. The molecule has 0 aromatic rings. The molecule has 764 valence electrons. The van der Waals surface area contributed by atoms with Crippen molar-refractivity contribution in [3.8, 4) is 0 Å². The maximum Gasteiger partial charge on any atom is 0.326 e. The smallest absolute Gasteiger partial charge is 0.326 e. The van der Waals surface area contributed by atoms with Crippen LogP contribution in [0, 0.1) is 43.3 Å². The van der Waals surface area contributed by atoms with Gasteiger partial charge in [-0.1, -0.05) is 0 Å². The first kappa shape index (κ1) is 120. The van der Waals surface area contributed by atoms with E-state index in [0.29, 0.717) is 0 Å². The van der Waals surface area contributed by atoms with Crippen molar-refractivity contribution >= 4 is 142 Å². The van der Waals surface area contributed by atoms with Gasteiger partial charge in [0, 0.05) is 52.4 Å². The van der Waals surface area contributed by atoms with Crippen LogP contribution in [0.15, 0.2) is 0 Å². The Morgan fingerprint density at radius 1 is 0.193 bits per heavy atom. The summed E-state index contributed by atoms with van der Waals surface area (Å²) < 4.78 is 0. The Kier molecular flexibility index (Phi) is 60.2. The van der Waals surface area contributed by atoms with Crippen molar-refractivity contribution < 1.29 is 118 Å². The molecule has 0 aliphatic carbocycles. The number of hydrogen-bond donors (Lipinski definition) is 48. The van der Waals surface area contributed by atoms with E-state index in [4.69, 9.17) is 94.9 Å². The van der Waals surface area contributed by atoms with E-state index in [-0.39, 0.29) is 129 Å². The van der Waals surface area contributed by atoms with E-state index in [0.717, 1.165) is 0 Å². The molecule has 57 N–H and O–H groups in total. The van der Waals surface area contributed by atoms with E-state index < -0.39 is 311 Å². The highest BCUT2D eigenvalue weighted by Gasteiger charge is 2.39. The molecule has 0 saturated carbocycles. The standard InChI is InChI=1S/C71H136N40O24/c72-25-48(119)97-33(9-1-17-89-64(73)74)49(120)105-41(26-112)56(127)98-34(10-2-18-90-65(75)76)50(121)106-42(27-113)57(128)99-35(11-3-19-91-66(77)78)51(122)107-43(28-114)58(129)100-36(12-4-20-92-67(79)80)52(123)108-44(29-115)59(130)101-37(13-5-21-93-68(81)82)53(124)109-45(30-116)60(131)102-38(14-6-22-94-69(83)84)54(125)110-46(31-117)61(132)103-39(15-7-23-95-70(85)86)55(126)111-47(32-118)62(133)104-40(63(134)135)16-8-24-96-71(87)88/h33-47,112-118H,1-32,72H2,(H,97,119)(H,98,127)(H,99,128)(H,100,129)(H,101,130)(H,102,131)(H,103,132)(H,104,133)(H,105,120)(H,106,121)(H,107,122)(H,108,123)(H,109,124)(H,110,125)(H,111,126)(H,134,135)(H4,73,74,89)(H4,75,76,90)(H4,77,78,91)(H4,79,80,92)(H4,81,82,93)(H4,83,84,94)(H4,85,86,95)(H4,87,88,96). The Morgan fingerprint density at radius 2 is 0.304 bits per heavy atom. The van der Waals surface area contributed by atoms with Gasteiger partial charge in [-0.2, -0.15) is 0 Å². The van der Waals surface area contributed by atoms with Gasteiger partial charge in [0.1, 0.15) is 90.6 Å². The summed E-state index contributed by atoms with van der Waals surface area (Å²) in [5, 5.41) is 197. The third-order valence-electron chi connectivity index (χ3n) is 18.8. The average Bonchev–Trinajstić information content (AvgIpc) is 0.857. The average molecular weight is 1930 g/mol. The van der Waals surface area contributed by atoms with Gasteiger partial charge in [-0.15, -0.1) is 0 Å². The number of rotatable bonds is 70. The SMILES string of the molecule is N=C(N)NCCCC(NC(=O)C(CO)NC(=O)C(CCCNC(=N)N)NC(=O)C(CO)NC(=O)C(CCCNC(=N)N)NC(=O)C(CO)NC(=O)C(CCCNC(=N)N)NC(=O)C(CO)NC(=O)C(CCCNC(=N)N)NC(=O)C(CO)NC(=O)C(CCCNC(=N)N)NC(=O)C(CO)NC(=O)C(CCCNC(=N)N)NC(=O)C(CO)NC(=O)C(CCCNC(=N)N)NC(=O)CN)C(=O)O. The molecule has 0 aromatic carbocycles. The molecule has 0 radical (unpaired) electrons. The van der Waals surface area contributed by atoms with E-state index in [1.807, 2.05) is 0 Å². The Labute approximate surface area is 772 Å². The number of nitrogens with two attached hydrogens (primary N) is 9. The van der Waals surface area contributed by atoms with Crippen LogP contribution in [0.2, 0.25) is 0 Å². The second kappa shape index (κ2) is 67.5. The monoisotopic (exact) mass is 1930 g/mol. The van der Waals surface area contributed by atoms with Crippen molar-refractivity contribution in [1.29, 1.82) is 43.3 Å². The number of aliphatic hydroxyl groups excluding tert-OH is 7. The summed E-state index contributed by atoms with van der Waals surface area (Å²) in [5.74, 6) is -23.9. The van der Waals surface area contributed by atoms with Crippen LogP contribution in [-0.2, 0) is 76.7 Å². The summed E-state index contributed by atoms with van der Waals surface area (Å²) in [6.45, 7) is -9.80. The number of hydrogen-bond acceptors (Lipinski definition) is 32. The van der Waals surface area contributed by atoms with Crippen molar-refractivity contribution in [2.45, 2.75) is 193 Å². The van der Waals surface area contributed by atoms with Gasteiger partial charge in [-0.25, -0.2) is 4.79 Å². The summed E-state index contributed by atoms with van der Waals surface area (Å²) in [6.07, 6.45) is -3.20. The second-order valence-corrected chi connectivity index (χ2v) is 29.7. The van der Waals surface area contributed by atoms with Crippen LogP contribution in [0.5, 0.6) is 0 Å². The minimum absolute atomic E-state index is 0.0341. The Morgan fingerprint density at radius 3 is 0.422 bits per heavy atom. The number of carbonyl (C=O) groups excluding carboxylic acids is 15. The number of guanidine groups is 8. The fraction of sp³-hybridized carbons (Fsp3) is 0.662. The van der Waals surface area contributed by atoms with Gasteiger partial charge in [0.15, 0.2) is 47.7 Å². The van der Waals surface area contributed by atoms with Crippen molar-refractivity contribution in [2.24, 2.45) is 51.6 Å². The molecule has 0 heterocycles. The van der Waals surface area contributed by atoms with Crippen molar-refractivity contribution in [1.82, 2.24) is 122 Å². The largest absolute Gasteiger partial charge is 0.480 e. The Hall–Kier alpha value is -14.6. The van der Waals surface area contributed by atoms with E-state index in [1.54, 1.807) is 0 Å². The number of carbonyl (C=O) groups is 16. The second-order valence-electron chi connectivity index (χ2n) is 29.7. The molecule has 15 unspecified atom stereocenters. The maximum atomic E-state index is 14.4. The molecule has 0 spiro atoms. The van der Waals surface area contributed by atoms with Gasteiger partial charge >= 0.3 is 5.97 Å². The summed E-state index contributed by atoms with van der Waals surface area (Å²) in [4.78, 5) is 221. The predicted octanol–water partition coefficient (Wildman–Crippen LogP) is -21.6. The highest BCUT2D eigenvalue weighted by molar-refractivity contribution is 6.01. The first-order valence-corrected chi connectivity index (χ1v) is 42.1. The lowest BCUT2D eigenvalue weighted by Crippen LogP contribution is -2.62. The van der Waals surface area contributed by atoms with E-state index in [2.05, 4.69) is 122 Å². The number of amides is 15. The molecule has 0 fully saturated rings. The zero-order valence-electron chi connectivity index (χ0n) is 74.1. The number of carboxylic acids is 1. The normalized spacial score (nSPS) is 14.1. The molecule has 0 aliphatic rings. The van der Waals surface area contributed by atoms with Crippen LogP contribution in [0.3, 0.4) is 0 Å². The fourth-order valence-corrected chi connectivity index (χ4v) is 11.8. The van der Waals surface area contributed by atoms with Gasteiger partial charge < -0.3 is 215 Å². The van der Waals surface area contributed by atoms with Crippen LogP contribution in [0.25, 0.3) is 0 Å². The zero-order chi connectivity index (χ0) is 102. The van der Waals surface area contributed by atoms with Crippen LogP contribution < -0.4 is 174 Å². The van der Waals surface area contributed by atoms with Crippen LogP contribution in [0.4, 0.5) is 0 Å². The van der Waals surface area contributed by atoms with Crippen molar-refractivity contribution in [3.63, 3.8) is 0 Å². The minimum Gasteiger partial charge on any atom is -0.480 e. The molecule has 15 amide bonds. The predicted molar refractivity (Wildman–Crippen MR) is 478 cm³/mol. The van der Waals surface area contributed by atoms with E-state index in [9.17, 15) is 118 Å². The molecule has 64 nitrogen and oxygen atoms in total. The first-order valence-electron chi connectivity index (χ1n) is 42.1. The fourth-order valence-electron chi connectivity index (χ4n) is 11.8. The molecule has 64 heteroatoms. The minimum atomic E-state index is -2.08. The number of aliphatic carboxylic acids is 1. The molecule has 0 saturated heterocycles. The highest BCUT2D eigenvalue weighted by atomic mass is 16.4. The van der Waals surface area contributed by atoms with Crippen LogP contribution in [0.1, 0.15) is 103 Å². The van der Waals surface area contributed by atoms with Gasteiger partial charge in [0.2, 0.25) is 88.6 Å². The van der Waals surface area contributed by atoms with Crippen LogP contribution >= 0.6 is 0 Å². The molecule has 0 aliphatic heterocycles. The summed E-state index contributed by atoms with van der Waals surface area (Å²) in [7, 11) is 0. The molecule has 0 bridgehead atoms. The lowest BCUT2D eigenvalue weighted by molar-refractivity contribution is -0.143. The molecular formula is C71H136N40O24. The summed E-state index contributed by atoms with van der Waals surface area (Å²) >= 11 is 0. The van der Waals surface area contributed by atoms with Gasteiger partial charge in [-0.05, 0) is 103 Å². The van der Waals surface area contributed by atoms with Gasteiger partial charge in [-0.3, -0.25) is 115 Å². The Bertz CT molecular complexity index is 3930. The van der Waals surface area contributed by atoms with E-state index >= 15 is 0 Å². The summed E-state index contributed by atoms with van der Waals surface area (Å²) in [6, 6.07) is -27.5. The first-order chi connectivity index (χ1) is 63.8. The Balaban J connectivity index is 7.30. The number of aliphatic hydroxyl groups is 7. The maximum absolute atomic E-state index is 14.4. The van der Waals surface area contributed by atoms with E-state index in [1.165, 1.54) is 0 Å². The highest BCUT2D eigenvalue weighted by Crippen LogP contribution is 2.11. The topological polar surface area (TPSA) is 1140 Å². The van der Waals surface area contributed by atoms with Gasteiger partial charge in [0.05, 0.1) is 52.8 Å². The van der Waals surface area contributed by atoms with Gasteiger partial charge in [0.25, 0.3) is 0 Å². The third kappa shape index (κ3) is 52.3. The molecule has 135 heavy (non-hydrogen) atoms. The number of carboxylic acid groups (broad SMARTS) is 1. The third-order valence-corrected chi connectivity index (χ3v) is 18.8. The number of nitrogens with one attached hydrogen (secondary N) is 31. The van der Waals surface area contributed by atoms with Crippen LogP contribution in [-0.4, -0.2) is 379 Å². The lowest BCUT2D eigenvalue weighted by atomic mass is 10.1. The van der Waals surface area contributed by atoms with Crippen molar-refractivity contribution in [3.05, 3.63) is 0 Å². The quantitative estimate of drug-likeness (QED) is 0.0153. The molecule has 0 rings (SSSR count).